The molecule has 0 saturated carbocycles. The summed E-state index contributed by atoms with van der Waals surface area (Å²) in [6, 6.07) is 18.1. The second kappa shape index (κ2) is 6.70. The molecule has 2 nitrogen and oxygen atoms in total. The van der Waals surface area contributed by atoms with E-state index in [0.29, 0.717) is 13.2 Å². The molecule has 18 heavy (non-hydrogen) atoms. The molecule has 0 spiro atoms. The predicted molar refractivity (Wildman–Crippen MR) is 73.3 cm³/mol. The zero-order valence-electron chi connectivity index (χ0n) is 10.6. The van der Waals surface area contributed by atoms with Crippen LogP contribution in [0.3, 0.4) is 0 Å². The van der Waals surface area contributed by atoms with E-state index >= 15 is 0 Å². The van der Waals surface area contributed by atoms with Gasteiger partial charge in [-0.2, -0.15) is 0 Å². The molecule has 0 aliphatic heterocycles. The summed E-state index contributed by atoms with van der Waals surface area (Å²) >= 11 is 0. The minimum atomic E-state index is 0.674. The molecule has 0 amide bonds. The topological polar surface area (TPSA) is 18.5 Å². The van der Waals surface area contributed by atoms with E-state index in [0.717, 1.165) is 17.9 Å². The highest BCUT2D eigenvalue weighted by atomic mass is 16.5. The minimum absolute atomic E-state index is 0.674. The molecule has 2 rings (SSSR count). The van der Waals surface area contributed by atoms with E-state index in [9.17, 15) is 0 Å². The Morgan fingerprint density at radius 1 is 0.833 bits per heavy atom. The van der Waals surface area contributed by atoms with Crippen molar-refractivity contribution in [3.63, 3.8) is 0 Å². The zero-order valence-corrected chi connectivity index (χ0v) is 10.6. The first-order chi connectivity index (χ1) is 8.88. The summed E-state index contributed by atoms with van der Waals surface area (Å²) in [6.45, 7) is 3.33. The second-order valence-corrected chi connectivity index (χ2v) is 3.99. The van der Waals surface area contributed by atoms with Crippen molar-refractivity contribution in [1.82, 2.24) is 0 Å². The van der Waals surface area contributed by atoms with Gasteiger partial charge in [0.05, 0.1) is 13.2 Å². The maximum absolute atomic E-state index is 5.72. The van der Waals surface area contributed by atoms with Gasteiger partial charge in [0.25, 0.3) is 0 Å². The normalized spacial score (nSPS) is 10.1. The number of benzene rings is 2. The van der Waals surface area contributed by atoms with Crippen molar-refractivity contribution in [2.24, 2.45) is 0 Å². The Balaban J connectivity index is 1.84. The van der Waals surface area contributed by atoms with Crippen LogP contribution >= 0.6 is 0 Å². The molecule has 0 saturated heterocycles. The fourth-order valence-electron chi connectivity index (χ4n) is 1.75. The SMILES string of the molecule is CCOc1cccc(OCCc2ccccc2)c1. The average molecular weight is 242 g/mol. The zero-order chi connectivity index (χ0) is 12.6. The maximum atomic E-state index is 5.72. The molecule has 0 radical (unpaired) electrons. The lowest BCUT2D eigenvalue weighted by molar-refractivity contribution is 0.312. The van der Waals surface area contributed by atoms with Gasteiger partial charge < -0.3 is 9.47 Å². The van der Waals surface area contributed by atoms with Gasteiger partial charge in [0.2, 0.25) is 0 Å². The molecular weight excluding hydrogens is 224 g/mol. The quantitative estimate of drug-likeness (QED) is 0.768. The van der Waals surface area contributed by atoms with Crippen LogP contribution in [0.2, 0.25) is 0 Å². The molecule has 0 unspecified atom stereocenters. The van der Waals surface area contributed by atoms with Crippen molar-refractivity contribution in [1.29, 1.82) is 0 Å². The van der Waals surface area contributed by atoms with Gasteiger partial charge in [-0.05, 0) is 24.6 Å². The summed E-state index contributed by atoms with van der Waals surface area (Å²) in [4.78, 5) is 0. The third kappa shape index (κ3) is 3.81. The molecule has 0 atom stereocenters. The summed E-state index contributed by atoms with van der Waals surface area (Å²) in [5.41, 5.74) is 1.29. The Morgan fingerprint density at radius 2 is 1.56 bits per heavy atom. The van der Waals surface area contributed by atoms with Crippen LogP contribution in [0.1, 0.15) is 12.5 Å². The van der Waals surface area contributed by atoms with Crippen molar-refractivity contribution in [3.05, 3.63) is 60.2 Å². The molecule has 0 fully saturated rings. The summed E-state index contributed by atoms with van der Waals surface area (Å²) in [5, 5.41) is 0. The molecule has 94 valence electrons. The standard InChI is InChI=1S/C16H18O2/c1-2-17-15-9-6-10-16(13-15)18-12-11-14-7-4-3-5-8-14/h3-10,13H,2,11-12H2,1H3. The van der Waals surface area contributed by atoms with Crippen LogP contribution in [0.25, 0.3) is 0 Å². The van der Waals surface area contributed by atoms with Crippen molar-refractivity contribution in [3.8, 4) is 11.5 Å². The van der Waals surface area contributed by atoms with Gasteiger partial charge in [-0.1, -0.05) is 36.4 Å². The van der Waals surface area contributed by atoms with Gasteiger partial charge >= 0.3 is 0 Å². The lowest BCUT2D eigenvalue weighted by Crippen LogP contribution is -2.01. The first-order valence-electron chi connectivity index (χ1n) is 6.28. The highest BCUT2D eigenvalue weighted by Gasteiger charge is 1.98. The van der Waals surface area contributed by atoms with Crippen LogP contribution in [-0.2, 0) is 6.42 Å². The van der Waals surface area contributed by atoms with Crippen LogP contribution in [0.4, 0.5) is 0 Å². The number of rotatable bonds is 6. The molecular formula is C16H18O2. The predicted octanol–water partition coefficient (Wildman–Crippen LogP) is 3.71. The third-order valence-electron chi connectivity index (χ3n) is 2.62. The second-order valence-electron chi connectivity index (χ2n) is 3.99. The van der Waals surface area contributed by atoms with E-state index in [1.807, 2.05) is 49.4 Å². The summed E-state index contributed by atoms with van der Waals surface area (Å²) < 4.78 is 11.1. The Bertz CT molecular complexity index is 466. The van der Waals surface area contributed by atoms with E-state index in [2.05, 4.69) is 12.1 Å². The van der Waals surface area contributed by atoms with E-state index in [1.54, 1.807) is 0 Å². The molecule has 0 aromatic heterocycles. The fraction of sp³-hybridized carbons (Fsp3) is 0.250. The highest BCUT2D eigenvalue weighted by molar-refractivity contribution is 5.33. The molecule has 0 bridgehead atoms. The fourth-order valence-corrected chi connectivity index (χ4v) is 1.75. The largest absolute Gasteiger partial charge is 0.494 e. The monoisotopic (exact) mass is 242 g/mol. The van der Waals surface area contributed by atoms with Gasteiger partial charge in [0.1, 0.15) is 11.5 Å². The summed E-state index contributed by atoms with van der Waals surface area (Å²) in [5.74, 6) is 1.71. The molecule has 0 aliphatic rings. The van der Waals surface area contributed by atoms with Gasteiger partial charge in [-0.25, -0.2) is 0 Å². The van der Waals surface area contributed by atoms with Gasteiger partial charge in [0.15, 0.2) is 0 Å². The van der Waals surface area contributed by atoms with E-state index in [-0.39, 0.29) is 0 Å². The van der Waals surface area contributed by atoms with Crippen molar-refractivity contribution >= 4 is 0 Å². The lowest BCUT2D eigenvalue weighted by atomic mass is 10.2. The van der Waals surface area contributed by atoms with Gasteiger partial charge in [-0.15, -0.1) is 0 Å². The number of hydrogen-bond acceptors (Lipinski definition) is 2. The molecule has 0 aliphatic carbocycles. The van der Waals surface area contributed by atoms with Crippen LogP contribution in [0.5, 0.6) is 11.5 Å². The van der Waals surface area contributed by atoms with Crippen molar-refractivity contribution in [2.45, 2.75) is 13.3 Å². The number of hydrogen-bond donors (Lipinski definition) is 0. The van der Waals surface area contributed by atoms with Gasteiger partial charge in [-0.3, -0.25) is 0 Å². The van der Waals surface area contributed by atoms with E-state index < -0.39 is 0 Å². The average Bonchev–Trinajstić information content (AvgIpc) is 2.41. The lowest BCUT2D eigenvalue weighted by Gasteiger charge is -2.08. The number of ether oxygens (including phenoxy) is 2. The van der Waals surface area contributed by atoms with E-state index in [4.69, 9.17) is 9.47 Å². The van der Waals surface area contributed by atoms with Crippen LogP contribution in [0, 0.1) is 0 Å². The van der Waals surface area contributed by atoms with Crippen LogP contribution < -0.4 is 9.47 Å². The smallest absolute Gasteiger partial charge is 0.122 e. The third-order valence-corrected chi connectivity index (χ3v) is 2.62. The van der Waals surface area contributed by atoms with Crippen LogP contribution in [0.15, 0.2) is 54.6 Å². The first kappa shape index (κ1) is 12.5. The Morgan fingerprint density at radius 3 is 2.28 bits per heavy atom. The Kier molecular flexibility index (Phi) is 4.65. The molecule has 0 heterocycles. The maximum Gasteiger partial charge on any atom is 0.122 e. The van der Waals surface area contributed by atoms with Crippen LogP contribution in [-0.4, -0.2) is 13.2 Å². The molecule has 2 aromatic rings. The molecule has 0 N–H and O–H groups in total. The first-order valence-corrected chi connectivity index (χ1v) is 6.28. The molecule has 2 aromatic carbocycles. The van der Waals surface area contributed by atoms with Crippen molar-refractivity contribution < 1.29 is 9.47 Å². The minimum Gasteiger partial charge on any atom is -0.494 e. The Labute approximate surface area is 108 Å². The highest BCUT2D eigenvalue weighted by Crippen LogP contribution is 2.19. The van der Waals surface area contributed by atoms with Gasteiger partial charge in [0, 0.05) is 12.5 Å². The molecule has 2 heteroatoms. The van der Waals surface area contributed by atoms with E-state index in [1.165, 1.54) is 5.56 Å². The van der Waals surface area contributed by atoms with Crippen molar-refractivity contribution in [2.75, 3.05) is 13.2 Å². The summed E-state index contributed by atoms with van der Waals surface area (Å²) in [6.07, 6.45) is 0.916. The summed E-state index contributed by atoms with van der Waals surface area (Å²) in [7, 11) is 0. The Hall–Kier alpha value is -1.96.